The third-order valence-corrected chi connectivity index (χ3v) is 5.61. The second-order valence-electron chi connectivity index (χ2n) is 5.27. The molecule has 1 saturated heterocycles. The van der Waals surface area contributed by atoms with Gasteiger partial charge in [-0.3, -0.25) is 0 Å². The van der Waals surface area contributed by atoms with Crippen molar-refractivity contribution in [2.24, 2.45) is 0 Å². The summed E-state index contributed by atoms with van der Waals surface area (Å²) in [7, 11) is -3.61. The number of hydrogen-bond donors (Lipinski definition) is 0. The van der Waals surface area contributed by atoms with E-state index in [2.05, 4.69) is 0 Å². The first-order valence-corrected chi connectivity index (χ1v) is 8.15. The summed E-state index contributed by atoms with van der Waals surface area (Å²) in [6.07, 6.45) is 0.538. The van der Waals surface area contributed by atoms with Crippen molar-refractivity contribution in [2.75, 3.05) is 19.7 Å². The van der Waals surface area contributed by atoms with Gasteiger partial charge in [-0.1, -0.05) is 0 Å². The second-order valence-corrected chi connectivity index (χ2v) is 7.14. The van der Waals surface area contributed by atoms with Crippen LogP contribution < -0.4 is 0 Å². The smallest absolute Gasteiger partial charge is 0.243 e. The lowest BCUT2D eigenvalue weighted by Gasteiger charge is -2.23. The molecule has 20 heavy (non-hydrogen) atoms. The summed E-state index contributed by atoms with van der Waals surface area (Å²) in [5.41, 5.74) is 0.889. The van der Waals surface area contributed by atoms with Gasteiger partial charge in [0.15, 0.2) is 0 Å². The van der Waals surface area contributed by atoms with Crippen LogP contribution in [0.2, 0.25) is 0 Å². The van der Waals surface area contributed by atoms with Gasteiger partial charge >= 0.3 is 0 Å². The summed E-state index contributed by atoms with van der Waals surface area (Å²) in [5, 5.41) is 0. The van der Waals surface area contributed by atoms with Crippen molar-refractivity contribution in [1.82, 2.24) is 4.31 Å². The van der Waals surface area contributed by atoms with E-state index < -0.39 is 15.8 Å². The van der Waals surface area contributed by atoms with E-state index in [0.717, 1.165) is 0 Å². The summed E-state index contributed by atoms with van der Waals surface area (Å²) in [6.45, 7) is 6.44. The van der Waals surface area contributed by atoms with Crippen LogP contribution in [0.15, 0.2) is 17.0 Å². The van der Waals surface area contributed by atoms with Crippen molar-refractivity contribution in [1.29, 1.82) is 0 Å². The first-order valence-electron chi connectivity index (χ1n) is 6.71. The molecule has 6 heteroatoms. The van der Waals surface area contributed by atoms with Gasteiger partial charge in [0.2, 0.25) is 10.0 Å². The van der Waals surface area contributed by atoms with Crippen LogP contribution in [0.25, 0.3) is 0 Å². The summed E-state index contributed by atoms with van der Waals surface area (Å²) in [4.78, 5) is 0.216. The third-order valence-electron chi connectivity index (χ3n) is 3.44. The molecular weight excluding hydrogens is 281 g/mol. The predicted octanol–water partition coefficient (Wildman–Crippen LogP) is 2.24. The highest BCUT2D eigenvalue weighted by atomic mass is 32.2. The molecule has 0 N–H and O–H groups in total. The van der Waals surface area contributed by atoms with E-state index in [-0.39, 0.29) is 11.0 Å². The van der Waals surface area contributed by atoms with E-state index in [0.29, 0.717) is 37.2 Å². The van der Waals surface area contributed by atoms with Gasteiger partial charge in [-0.15, -0.1) is 0 Å². The van der Waals surface area contributed by atoms with E-state index in [1.165, 1.54) is 16.4 Å². The van der Waals surface area contributed by atoms with Crippen LogP contribution in [0.1, 0.15) is 24.5 Å². The summed E-state index contributed by atoms with van der Waals surface area (Å²) < 4.78 is 45.8. The molecule has 4 nitrogen and oxygen atoms in total. The van der Waals surface area contributed by atoms with Crippen LogP contribution in [-0.4, -0.2) is 38.5 Å². The Kier molecular flexibility index (Phi) is 4.46. The average molecular weight is 301 g/mol. The minimum Gasteiger partial charge on any atom is -0.377 e. The normalized spacial score (nSPS) is 21.7. The fourth-order valence-corrected chi connectivity index (χ4v) is 4.57. The van der Waals surface area contributed by atoms with E-state index in [1.807, 2.05) is 6.92 Å². The molecule has 0 aliphatic carbocycles. The van der Waals surface area contributed by atoms with Crippen LogP contribution in [0.4, 0.5) is 4.39 Å². The fourth-order valence-electron chi connectivity index (χ4n) is 2.61. The number of halogens is 1. The first-order chi connectivity index (χ1) is 9.32. The Hall–Kier alpha value is -0.980. The maximum Gasteiger partial charge on any atom is 0.243 e. The second kappa shape index (κ2) is 5.79. The molecule has 0 bridgehead atoms. The number of benzene rings is 1. The van der Waals surface area contributed by atoms with Crippen molar-refractivity contribution in [3.05, 3.63) is 29.1 Å². The maximum absolute atomic E-state index is 13.3. The zero-order chi connectivity index (χ0) is 14.9. The third kappa shape index (κ3) is 3.02. The van der Waals surface area contributed by atoms with E-state index in [4.69, 9.17) is 4.74 Å². The molecule has 1 heterocycles. The number of nitrogens with zero attached hydrogens (tertiary/aromatic N) is 1. The molecule has 2 rings (SSSR count). The van der Waals surface area contributed by atoms with Crippen molar-refractivity contribution in [3.8, 4) is 0 Å². The van der Waals surface area contributed by atoms with Crippen LogP contribution in [0.3, 0.4) is 0 Å². The Labute approximate surface area is 119 Å². The van der Waals surface area contributed by atoms with Gasteiger partial charge in [-0.05, 0) is 50.5 Å². The van der Waals surface area contributed by atoms with Gasteiger partial charge in [-0.25, -0.2) is 12.8 Å². The number of hydrogen-bond acceptors (Lipinski definition) is 3. The molecule has 1 atom stereocenters. The molecule has 0 amide bonds. The minimum absolute atomic E-state index is 0.131. The average Bonchev–Trinajstić information content (AvgIpc) is 2.52. The molecule has 1 unspecified atom stereocenters. The lowest BCUT2D eigenvalue weighted by atomic mass is 10.1. The number of aryl methyl sites for hydroxylation is 2. The van der Waals surface area contributed by atoms with E-state index in [9.17, 15) is 12.8 Å². The van der Waals surface area contributed by atoms with Gasteiger partial charge in [0.1, 0.15) is 5.82 Å². The molecule has 1 aromatic rings. The number of rotatable bonds is 2. The highest BCUT2D eigenvalue weighted by molar-refractivity contribution is 7.89. The zero-order valence-electron chi connectivity index (χ0n) is 12.0. The minimum atomic E-state index is -3.61. The molecule has 0 saturated carbocycles. The van der Waals surface area contributed by atoms with Gasteiger partial charge in [0.25, 0.3) is 0 Å². The highest BCUT2D eigenvalue weighted by Gasteiger charge is 2.30. The molecule has 112 valence electrons. The van der Waals surface area contributed by atoms with Crippen LogP contribution in [-0.2, 0) is 14.8 Å². The van der Waals surface area contributed by atoms with Crippen molar-refractivity contribution in [3.63, 3.8) is 0 Å². The molecular formula is C14H20FNO3S. The molecule has 1 fully saturated rings. The summed E-state index contributed by atoms with van der Waals surface area (Å²) in [6, 6.07) is 2.52. The molecule has 0 spiro atoms. The van der Waals surface area contributed by atoms with Gasteiger partial charge in [0.05, 0.1) is 11.0 Å². The molecule has 1 aromatic carbocycles. The Bertz CT molecular complexity index is 577. The topological polar surface area (TPSA) is 46.6 Å². The maximum atomic E-state index is 13.3. The molecule has 1 aliphatic heterocycles. The Morgan fingerprint density at radius 1 is 1.30 bits per heavy atom. The van der Waals surface area contributed by atoms with Crippen molar-refractivity contribution in [2.45, 2.75) is 38.2 Å². The van der Waals surface area contributed by atoms with Crippen LogP contribution >= 0.6 is 0 Å². The zero-order valence-corrected chi connectivity index (χ0v) is 12.8. The quantitative estimate of drug-likeness (QED) is 0.841. The summed E-state index contributed by atoms with van der Waals surface area (Å²) >= 11 is 0. The Morgan fingerprint density at radius 2 is 1.90 bits per heavy atom. The van der Waals surface area contributed by atoms with E-state index in [1.54, 1.807) is 13.8 Å². The SMILES string of the molecule is Cc1cc(F)cc(C)c1S(=O)(=O)N1CCCOC(C)C1. The number of sulfonamides is 1. The number of ether oxygens (including phenoxy) is 1. The molecule has 0 aromatic heterocycles. The monoisotopic (exact) mass is 301 g/mol. The molecule has 0 radical (unpaired) electrons. The van der Waals surface area contributed by atoms with Crippen LogP contribution in [0.5, 0.6) is 0 Å². The lowest BCUT2D eigenvalue weighted by molar-refractivity contribution is 0.0752. The van der Waals surface area contributed by atoms with Crippen molar-refractivity contribution >= 4 is 10.0 Å². The van der Waals surface area contributed by atoms with Gasteiger partial charge < -0.3 is 4.74 Å². The first kappa shape index (κ1) is 15.4. The lowest BCUT2D eigenvalue weighted by Crippen LogP contribution is -2.36. The van der Waals surface area contributed by atoms with Gasteiger partial charge in [0, 0.05) is 19.7 Å². The predicted molar refractivity (Wildman–Crippen MR) is 74.7 cm³/mol. The van der Waals surface area contributed by atoms with Crippen molar-refractivity contribution < 1.29 is 17.5 Å². The largest absolute Gasteiger partial charge is 0.377 e. The Balaban J connectivity index is 2.44. The standard InChI is InChI=1S/C14H20FNO3S/c1-10-7-13(15)8-11(2)14(10)20(17,18)16-5-4-6-19-12(3)9-16/h7-8,12H,4-6,9H2,1-3H3. The fraction of sp³-hybridized carbons (Fsp3) is 0.571. The van der Waals surface area contributed by atoms with Gasteiger partial charge in [-0.2, -0.15) is 4.31 Å². The Morgan fingerprint density at radius 3 is 2.50 bits per heavy atom. The molecule has 1 aliphatic rings. The van der Waals surface area contributed by atoms with E-state index >= 15 is 0 Å². The highest BCUT2D eigenvalue weighted by Crippen LogP contribution is 2.26. The van der Waals surface area contributed by atoms with Crippen LogP contribution in [0, 0.1) is 19.7 Å². The summed E-state index contributed by atoms with van der Waals surface area (Å²) in [5.74, 6) is -0.411.